The second-order valence-corrected chi connectivity index (χ2v) is 4.92. The predicted octanol–water partition coefficient (Wildman–Crippen LogP) is 3.77. The maximum absolute atomic E-state index is 6.04. The van der Waals surface area contributed by atoms with Crippen molar-refractivity contribution in [2.45, 2.75) is 77.7 Å². The fraction of sp³-hybridized carbons (Fsp3) is 0.857. The van der Waals surface area contributed by atoms with Crippen LogP contribution in [-0.2, 0) is 6.42 Å². The van der Waals surface area contributed by atoms with Crippen LogP contribution in [0.25, 0.3) is 0 Å². The van der Waals surface area contributed by atoms with Gasteiger partial charge in [0, 0.05) is 6.42 Å². The van der Waals surface area contributed by atoms with Gasteiger partial charge in [-0.15, -0.1) is 0 Å². The van der Waals surface area contributed by atoms with Crippen molar-refractivity contribution in [3.05, 3.63) is 11.7 Å². The molecule has 0 saturated heterocycles. The molecule has 0 saturated carbocycles. The Balaban J connectivity index is 2.08. The zero-order valence-electron chi connectivity index (χ0n) is 11.8. The predicted molar refractivity (Wildman–Crippen MR) is 73.2 cm³/mol. The first-order chi connectivity index (χ1) is 8.77. The number of unbranched alkanes of at least 4 members (excludes halogenated alkanes) is 6. The van der Waals surface area contributed by atoms with Gasteiger partial charge < -0.3 is 10.3 Å². The third-order valence-corrected chi connectivity index (χ3v) is 3.24. The van der Waals surface area contributed by atoms with Crippen molar-refractivity contribution >= 4 is 0 Å². The van der Waals surface area contributed by atoms with E-state index >= 15 is 0 Å². The molecule has 0 radical (unpaired) electrons. The van der Waals surface area contributed by atoms with Gasteiger partial charge in [-0.25, -0.2) is 0 Å². The molecule has 0 amide bonds. The summed E-state index contributed by atoms with van der Waals surface area (Å²) in [6.45, 7) is 4.24. The monoisotopic (exact) mass is 253 g/mol. The molecule has 0 aliphatic rings. The number of aromatic nitrogens is 2. The van der Waals surface area contributed by atoms with Crippen LogP contribution in [0.1, 0.15) is 83.0 Å². The van der Waals surface area contributed by atoms with E-state index in [1.165, 1.54) is 38.5 Å². The third kappa shape index (κ3) is 5.63. The van der Waals surface area contributed by atoms with E-state index in [1.807, 2.05) is 6.92 Å². The Morgan fingerprint density at radius 3 is 2.33 bits per heavy atom. The Labute approximate surface area is 110 Å². The van der Waals surface area contributed by atoms with Crippen LogP contribution in [0.5, 0.6) is 0 Å². The van der Waals surface area contributed by atoms with Crippen LogP contribution >= 0.6 is 0 Å². The minimum absolute atomic E-state index is 0.0651. The molecule has 1 unspecified atom stereocenters. The van der Waals surface area contributed by atoms with Gasteiger partial charge in [0.15, 0.2) is 5.82 Å². The lowest BCUT2D eigenvalue weighted by Gasteiger charge is -2.06. The quantitative estimate of drug-likeness (QED) is 0.645. The summed E-state index contributed by atoms with van der Waals surface area (Å²) in [5.74, 6) is 1.35. The molecule has 1 rings (SSSR count). The molecule has 0 aliphatic carbocycles. The van der Waals surface area contributed by atoms with Crippen molar-refractivity contribution in [2.75, 3.05) is 0 Å². The van der Waals surface area contributed by atoms with E-state index < -0.39 is 0 Å². The first-order valence-electron chi connectivity index (χ1n) is 7.36. The van der Waals surface area contributed by atoms with Gasteiger partial charge >= 0.3 is 0 Å². The number of hydrogen-bond acceptors (Lipinski definition) is 4. The maximum atomic E-state index is 6.04. The third-order valence-electron chi connectivity index (χ3n) is 3.24. The molecule has 18 heavy (non-hydrogen) atoms. The van der Waals surface area contributed by atoms with E-state index in [-0.39, 0.29) is 6.04 Å². The number of aryl methyl sites for hydroxylation is 1. The summed E-state index contributed by atoms with van der Waals surface area (Å²) in [6, 6.07) is -0.0651. The summed E-state index contributed by atoms with van der Waals surface area (Å²) < 4.78 is 5.07. The van der Waals surface area contributed by atoms with Gasteiger partial charge in [-0.2, -0.15) is 4.98 Å². The van der Waals surface area contributed by atoms with Crippen molar-refractivity contribution in [3.63, 3.8) is 0 Å². The second kappa shape index (κ2) is 9.09. The number of hydrogen-bond donors (Lipinski definition) is 1. The zero-order chi connectivity index (χ0) is 13.2. The van der Waals surface area contributed by atoms with E-state index in [2.05, 4.69) is 17.1 Å². The van der Waals surface area contributed by atoms with E-state index in [0.717, 1.165) is 19.3 Å². The van der Waals surface area contributed by atoms with Gasteiger partial charge in [0.25, 0.3) is 0 Å². The summed E-state index contributed by atoms with van der Waals surface area (Å²) in [7, 11) is 0. The molecule has 0 fully saturated rings. The van der Waals surface area contributed by atoms with Gasteiger partial charge in [-0.1, -0.05) is 63.9 Å². The summed E-state index contributed by atoms with van der Waals surface area (Å²) in [5.41, 5.74) is 6.04. The van der Waals surface area contributed by atoms with Crippen LogP contribution in [0.2, 0.25) is 0 Å². The summed E-state index contributed by atoms with van der Waals surface area (Å²) >= 11 is 0. The van der Waals surface area contributed by atoms with E-state index in [9.17, 15) is 0 Å². The SMILES string of the molecule is CCCCCCCCCC(N)c1noc(CC)n1. The molecule has 0 spiro atoms. The van der Waals surface area contributed by atoms with Crippen LogP contribution in [0.3, 0.4) is 0 Å². The topological polar surface area (TPSA) is 64.9 Å². The summed E-state index contributed by atoms with van der Waals surface area (Å²) in [4.78, 5) is 4.27. The standard InChI is InChI=1S/C14H27N3O/c1-3-5-6-7-8-9-10-11-12(15)14-16-13(4-2)18-17-14/h12H,3-11,15H2,1-2H3. The highest BCUT2D eigenvalue weighted by molar-refractivity contribution is 4.92. The van der Waals surface area contributed by atoms with Crippen LogP contribution < -0.4 is 5.73 Å². The van der Waals surface area contributed by atoms with E-state index in [4.69, 9.17) is 10.3 Å². The first-order valence-corrected chi connectivity index (χ1v) is 7.36. The van der Waals surface area contributed by atoms with E-state index in [0.29, 0.717) is 11.7 Å². The molecule has 1 aromatic heterocycles. The molecule has 1 heterocycles. The van der Waals surface area contributed by atoms with E-state index in [1.54, 1.807) is 0 Å². The van der Waals surface area contributed by atoms with Gasteiger partial charge in [0.05, 0.1) is 6.04 Å². The first kappa shape index (κ1) is 15.2. The number of rotatable bonds is 10. The van der Waals surface area contributed by atoms with Crippen LogP contribution in [0.15, 0.2) is 4.52 Å². The molecule has 1 atom stereocenters. The van der Waals surface area contributed by atoms with Crippen LogP contribution in [0, 0.1) is 0 Å². The molecule has 0 aliphatic heterocycles. The Hall–Kier alpha value is -0.900. The maximum Gasteiger partial charge on any atom is 0.226 e. The highest BCUT2D eigenvalue weighted by Crippen LogP contribution is 2.16. The van der Waals surface area contributed by atoms with Gasteiger partial charge in [0.2, 0.25) is 5.89 Å². The minimum atomic E-state index is -0.0651. The van der Waals surface area contributed by atoms with Crippen LogP contribution in [0.4, 0.5) is 0 Å². The fourth-order valence-corrected chi connectivity index (χ4v) is 2.01. The Bertz CT molecular complexity index is 312. The molecule has 2 N–H and O–H groups in total. The molecule has 0 aromatic carbocycles. The highest BCUT2D eigenvalue weighted by atomic mass is 16.5. The van der Waals surface area contributed by atoms with Gasteiger partial charge in [0.1, 0.15) is 0 Å². The van der Waals surface area contributed by atoms with Gasteiger partial charge in [-0.05, 0) is 6.42 Å². The lowest BCUT2D eigenvalue weighted by atomic mass is 10.1. The lowest BCUT2D eigenvalue weighted by Crippen LogP contribution is -2.12. The average Bonchev–Trinajstić information content (AvgIpc) is 2.86. The lowest BCUT2D eigenvalue weighted by molar-refractivity contribution is 0.371. The number of nitrogens with zero attached hydrogens (tertiary/aromatic N) is 2. The fourth-order valence-electron chi connectivity index (χ4n) is 2.01. The minimum Gasteiger partial charge on any atom is -0.339 e. The van der Waals surface area contributed by atoms with Gasteiger partial charge in [-0.3, -0.25) is 0 Å². The smallest absolute Gasteiger partial charge is 0.226 e. The van der Waals surface area contributed by atoms with Crippen molar-refractivity contribution in [3.8, 4) is 0 Å². The molecule has 4 heteroatoms. The Morgan fingerprint density at radius 1 is 1.06 bits per heavy atom. The molecule has 0 bridgehead atoms. The second-order valence-electron chi connectivity index (χ2n) is 4.92. The zero-order valence-corrected chi connectivity index (χ0v) is 11.8. The summed E-state index contributed by atoms with van der Waals surface area (Å²) in [6.07, 6.45) is 10.9. The van der Waals surface area contributed by atoms with Crippen molar-refractivity contribution in [2.24, 2.45) is 5.73 Å². The van der Waals surface area contributed by atoms with Crippen molar-refractivity contribution < 1.29 is 4.52 Å². The van der Waals surface area contributed by atoms with Crippen molar-refractivity contribution in [1.29, 1.82) is 0 Å². The molecule has 104 valence electrons. The van der Waals surface area contributed by atoms with Crippen LogP contribution in [-0.4, -0.2) is 10.1 Å². The number of nitrogens with two attached hydrogens (primary N) is 1. The summed E-state index contributed by atoms with van der Waals surface area (Å²) in [5, 5.41) is 3.92. The largest absolute Gasteiger partial charge is 0.339 e. The normalized spacial score (nSPS) is 12.8. The highest BCUT2D eigenvalue weighted by Gasteiger charge is 2.12. The molecular formula is C14H27N3O. The Morgan fingerprint density at radius 2 is 1.72 bits per heavy atom. The molecular weight excluding hydrogens is 226 g/mol. The average molecular weight is 253 g/mol. The molecule has 1 aromatic rings. The molecule has 4 nitrogen and oxygen atoms in total. The van der Waals surface area contributed by atoms with Crippen molar-refractivity contribution in [1.82, 2.24) is 10.1 Å². The Kier molecular flexibility index (Phi) is 7.65.